The quantitative estimate of drug-likeness (QED) is 0.750. The summed E-state index contributed by atoms with van der Waals surface area (Å²) in [6, 6.07) is 8.12. The summed E-state index contributed by atoms with van der Waals surface area (Å²) in [7, 11) is 0. The Hall–Kier alpha value is -2.96. The summed E-state index contributed by atoms with van der Waals surface area (Å²) in [4.78, 5) is 0. The average Bonchev–Trinajstić information content (AvgIpc) is 2.56. The highest BCUT2D eigenvalue weighted by Crippen LogP contribution is 2.64. The van der Waals surface area contributed by atoms with Gasteiger partial charge < -0.3 is 11.1 Å². The fourth-order valence-electron chi connectivity index (χ4n) is 4.12. The number of nitrogens with two attached hydrogens (primary N) is 1. The molecule has 3 N–H and O–H groups in total. The van der Waals surface area contributed by atoms with Crippen LogP contribution in [0.3, 0.4) is 0 Å². The van der Waals surface area contributed by atoms with E-state index in [2.05, 4.69) is 17.5 Å². The summed E-state index contributed by atoms with van der Waals surface area (Å²) in [5.74, 6) is 0. The molecule has 23 heavy (non-hydrogen) atoms. The van der Waals surface area contributed by atoms with E-state index in [1.165, 1.54) is 0 Å². The first kappa shape index (κ1) is 16.4. The molecule has 0 amide bonds. The molecule has 2 bridgehead atoms. The van der Waals surface area contributed by atoms with Gasteiger partial charge in [0.05, 0.1) is 34.6 Å². The minimum absolute atomic E-state index is 0.149. The molecule has 0 saturated carbocycles. The third-order valence-electron chi connectivity index (χ3n) is 5.63. The standard InChI is InChI=1S/C17H18N6/c1-4-15(3)9-16(5-2)12(8-20)13(22)17(15,10-21)14(23-16)11(6-18)7-19/h23H,4-5,9,22H2,1-3H3/t15-,16-,17+/m1/s1. The van der Waals surface area contributed by atoms with Crippen molar-refractivity contribution >= 4 is 0 Å². The smallest absolute Gasteiger partial charge is 0.150 e. The molecule has 1 aliphatic carbocycles. The monoisotopic (exact) mass is 306 g/mol. The van der Waals surface area contributed by atoms with E-state index in [-0.39, 0.29) is 17.0 Å². The van der Waals surface area contributed by atoms with Crippen LogP contribution in [0.2, 0.25) is 0 Å². The fraction of sp³-hybridized carbons (Fsp3) is 0.529. The lowest BCUT2D eigenvalue weighted by Crippen LogP contribution is -2.68. The molecule has 2 aliphatic heterocycles. The fourth-order valence-corrected chi connectivity index (χ4v) is 4.12. The Morgan fingerprint density at radius 3 is 2.17 bits per heavy atom. The highest BCUT2D eigenvalue weighted by Gasteiger charge is 2.67. The number of piperidine rings is 1. The molecular weight excluding hydrogens is 288 g/mol. The molecule has 2 heterocycles. The van der Waals surface area contributed by atoms with Gasteiger partial charge >= 0.3 is 0 Å². The zero-order valence-electron chi connectivity index (χ0n) is 13.5. The topological polar surface area (TPSA) is 133 Å². The van der Waals surface area contributed by atoms with Gasteiger partial charge in [0.1, 0.15) is 17.6 Å². The van der Waals surface area contributed by atoms with Crippen LogP contribution in [0.15, 0.2) is 22.5 Å². The number of nitrogens with one attached hydrogen (secondary N) is 1. The van der Waals surface area contributed by atoms with E-state index in [1.54, 1.807) is 0 Å². The second kappa shape index (κ2) is 5.05. The Kier molecular flexibility index (Phi) is 3.60. The van der Waals surface area contributed by atoms with Gasteiger partial charge in [-0.05, 0) is 24.7 Å². The number of hydrogen-bond donors (Lipinski definition) is 2. The molecule has 1 fully saturated rings. The van der Waals surface area contributed by atoms with Crippen LogP contribution in [0, 0.1) is 56.2 Å². The Morgan fingerprint density at radius 1 is 1.17 bits per heavy atom. The van der Waals surface area contributed by atoms with Crippen molar-refractivity contribution in [1.29, 1.82) is 21.0 Å². The molecule has 0 radical (unpaired) electrons. The predicted molar refractivity (Wildman–Crippen MR) is 82.3 cm³/mol. The first-order chi connectivity index (χ1) is 10.9. The second-order valence-electron chi connectivity index (χ2n) is 6.39. The van der Waals surface area contributed by atoms with Crippen LogP contribution < -0.4 is 11.1 Å². The first-order valence-electron chi connectivity index (χ1n) is 7.51. The van der Waals surface area contributed by atoms with Gasteiger partial charge in [0, 0.05) is 0 Å². The van der Waals surface area contributed by atoms with E-state index in [9.17, 15) is 21.0 Å². The van der Waals surface area contributed by atoms with Gasteiger partial charge in [0.15, 0.2) is 5.57 Å². The molecule has 6 nitrogen and oxygen atoms in total. The Balaban J connectivity index is 3.05. The summed E-state index contributed by atoms with van der Waals surface area (Å²) in [6.07, 6.45) is 1.76. The maximum absolute atomic E-state index is 10.0. The van der Waals surface area contributed by atoms with Gasteiger partial charge in [-0.1, -0.05) is 20.8 Å². The molecule has 0 aromatic rings. The summed E-state index contributed by atoms with van der Waals surface area (Å²) in [5, 5.41) is 41.4. The average molecular weight is 306 g/mol. The Bertz CT molecular complexity index is 777. The van der Waals surface area contributed by atoms with E-state index in [0.29, 0.717) is 24.8 Å². The first-order valence-corrected chi connectivity index (χ1v) is 7.51. The van der Waals surface area contributed by atoms with E-state index in [4.69, 9.17) is 5.73 Å². The van der Waals surface area contributed by atoms with Crippen molar-refractivity contribution in [2.24, 2.45) is 16.6 Å². The minimum Gasteiger partial charge on any atom is -0.400 e. The number of nitriles is 4. The van der Waals surface area contributed by atoms with Crippen LogP contribution in [-0.2, 0) is 0 Å². The van der Waals surface area contributed by atoms with Crippen LogP contribution in [-0.4, -0.2) is 5.54 Å². The number of hydrogen-bond acceptors (Lipinski definition) is 6. The summed E-state index contributed by atoms with van der Waals surface area (Å²) in [6.45, 7) is 5.82. The van der Waals surface area contributed by atoms with Crippen molar-refractivity contribution < 1.29 is 0 Å². The Labute approximate surface area is 136 Å². The number of rotatable bonds is 2. The molecule has 0 spiro atoms. The van der Waals surface area contributed by atoms with Gasteiger partial charge in [-0.3, -0.25) is 0 Å². The van der Waals surface area contributed by atoms with Crippen molar-refractivity contribution in [2.75, 3.05) is 0 Å². The van der Waals surface area contributed by atoms with E-state index in [0.717, 1.165) is 0 Å². The van der Waals surface area contributed by atoms with Gasteiger partial charge in [-0.25, -0.2) is 0 Å². The molecule has 116 valence electrons. The van der Waals surface area contributed by atoms with E-state index >= 15 is 0 Å². The van der Waals surface area contributed by atoms with Gasteiger partial charge in [-0.2, -0.15) is 21.0 Å². The van der Waals surface area contributed by atoms with Gasteiger partial charge in [-0.15, -0.1) is 0 Å². The molecule has 3 atom stereocenters. The zero-order chi connectivity index (χ0) is 17.5. The van der Waals surface area contributed by atoms with Crippen LogP contribution in [0.5, 0.6) is 0 Å². The van der Waals surface area contributed by atoms with Crippen molar-refractivity contribution in [3.63, 3.8) is 0 Å². The minimum atomic E-state index is -1.36. The third kappa shape index (κ3) is 1.64. The van der Waals surface area contributed by atoms with Crippen molar-refractivity contribution in [2.45, 2.75) is 45.6 Å². The highest BCUT2D eigenvalue weighted by atomic mass is 15.1. The van der Waals surface area contributed by atoms with Gasteiger partial charge in [0.25, 0.3) is 0 Å². The normalized spacial score (nSPS) is 34.7. The maximum Gasteiger partial charge on any atom is 0.150 e. The van der Waals surface area contributed by atoms with E-state index in [1.807, 2.05) is 32.9 Å². The summed E-state index contributed by atoms with van der Waals surface area (Å²) in [5.41, 5.74) is 4.28. The Morgan fingerprint density at radius 2 is 1.78 bits per heavy atom. The number of allylic oxidation sites excluding steroid dienone is 1. The molecule has 6 heteroatoms. The molecule has 3 rings (SSSR count). The lowest BCUT2D eigenvalue weighted by molar-refractivity contribution is 0.0447. The van der Waals surface area contributed by atoms with Crippen LogP contribution in [0.1, 0.15) is 40.0 Å². The largest absolute Gasteiger partial charge is 0.400 e. The summed E-state index contributed by atoms with van der Waals surface area (Å²) >= 11 is 0. The lowest BCUT2D eigenvalue weighted by atomic mass is 9.47. The molecule has 0 aromatic carbocycles. The van der Waals surface area contributed by atoms with Crippen LogP contribution >= 0.6 is 0 Å². The summed E-state index contributed by atoms with van der Waals surface area (Å²) < 4.78 is 0. The third-order valence-corrected chi connectivity index (χ3v) is 5.63. The lowest BCUT2D eigenvalue weighted by Gasteiger charge is -2.61. The second-order valence-corrected chi connectivity index (χ2v) is 6.39. The molecule has 3 aliphatic rings. The molecule has 0 aromatic heterocycles. The van der Waals surface area contributed by atoms with Crippen LogP contribution in [0.4, 0.5) is 0 Å². The number of fused-ring (bicyclic) bond motifs is 2. The predicted octanol–water partition coefficient (Wildman–Crippen LogP) is 2.11. The maximum atomic E-state index is 10.0. The SMILES string of the molecule is CC[C@@]12C[C@@](C)(CC)[C@@](C#N)(C(N)=C1C#N)C(=C(C#N)C#N)N2. The van der Waals surface area contributed by atoms with Crippen molar-refractivity contribution in [3.8, 4) is 24.3 Å². The van der Waals surface area contributed by atoms with Crippen molar-refractivity contribution in [3.05, 3.63) is 22.5 Å². The van der Waals surface area contributed by atoms with E-state index < -0.39 is 16.4 Å². The molecular formula is C17H18N6. The zero-order valence-corrected chi connectivity index (χ0v) is 13.5. The molecule has 0 unspecified atom stereocenters. The molecule has 1 saturated heterocycles. The highest BCUT2D eigenvalue weighted by molar-refractivity contribution is 5.61. The number of nitrogens with zero attached hydrogens (tertiary/aromatic N) is 4. The van der Waals surface area contributed by atoms with Crippen LogP contribution in [0.25, 0.3) is 0 Å². The van der Waals surface area contributed by atoms with Gasteiger partial charge in [0.2, 0.25) is 0 Å². The van der Waals surface area contributed by atoms with Crippen molar-refractivity contribution in [1.82, 2.24) is 5.32 Å².